The summed E-state index contributed by atoms with van der Waals surface area (Å²) in [6, 6.07) is 1.49. The topological polar surface area (TPSA) is 82.2 Å². The Hall–Kier alpha value is -4.05. The van der Waals surface area contributed by atoms with Crippen molar-refractivity contribution >= 4 is 27.6 Å². The van der Waals surface area contributed by atoms with Gasteiger partial charge in [0.1, 0.15) is 29.9 Å². The third-order valence-electron chi connectivity index (χ3n) is 10.6. The maximum absolute atomic E-state index is 16.9. The Bertz CT molecular complexity index is 2010. The Labute approximate surface area is 274 Å². The molecule has 2 aromatic heterocycles. The molecule has 4 saturated heterocycles. The molecule has 4 atom stereocenters. The van der Waals surface area contributed by atoms with Gasteiger partial charge in [-0.25, -0.2) is 13.2 Å². The minimum Gasteiger partial charge on any atom is -0.461 e. The first kappa shape index (κ1) is 32.2. The standard InChI is InChI=1S/C33H31F8N7O/c1-16-7-22-20(11-42-46-22)24(26(16)33(39,40)41)25-21(35)8-19-28(27(25)38)43-30(49-15-32-4-2-6-48(32)12-17(34)9-32)44-29(19)47-13-18-3-5-31(14-47,45-18)10-23(36)37/h7-8,10-11,17-18,45H,2-6,9,12-15H2,1H3,(H,42,46)/t17-,18-,31-,32+/m1/s1. The van der Waals surface area contributed by atoms with E-state index < -0.39 is 63.3 Å². The number of fused-ring (bicyclic) bond motifs is 5. The van der Waals surface area contributed by atoms with Crippen LogP contribution in [0.5, 0.6) is 6.01 Å². The number of rotatable bonds is 6. The molecule has 0 aliphatic carbocycles. The third kappa shape index (κ3) is 5.29. The van der Waals surface area contributed by atoms with Gasteiger partial charge in [-0.2, -0.15) is 37.0 Å². The largest absolute Gasteiger partial charge is 0.461 e. The monoisotopic (exact) mass is 693 g/mol. The van der Waals surface area contributed by atoms with Crippen molar-refractivity contribution in [3.63, 3.8) is 0 Å². The number of hydrogen-bond donors (Lipinski definition) is 2. The van der Waals surface area contributed by atoms with E-state index in [1.807, 2.05) is 4.90 Å². The molecule has 260 valence electrons. The number of nitrogens with zero attached hydrogens (tertiary/aromatic N) is 5. The maximum atomic E-state index is 16.9. The number of anilines is 1. The van der Waals surface area contributed by atoms with Crippen molar-refractivity contribution in [2.45, 2.75) is 68.5 Å². The number of nitrogens with one attached hydrogen (secondary N) is 2. The van der Waals surface area contributed by atoms with Crippen LogP contribution in [0.2, 0.25) is 0 Å². The summed E-state index contributed by atoms with van der Waals surface area (Å²) in [5.41, 5.74) is -5.34. The molecule has 4 fully saturated rings. The summed E-state index contributed by atoms with van der Waals surface area (Å²) < 4.78 is 125. The molecule has 0 amide bonds. The van der Waals surface area contributed by atoms with E-state index in [0.29, 0.717) is 25.8 Å². The lowest BCUT2D eigenvalue weighted by atomic mass is 9.90. The highest BCUT2D eigenvalue weighted by Crippen LogP contribution is 2.47. The number of hydrogen-bond acceptors (Lipinski definition) is 7. The molecule has 0 unspecified atom stereocenters. The Balaban J connectivity index is 1.32. The number of benzene rings is 2. The number of aromatic amines is 1. The van der Waals surface area contributed by atoms with Crippen LogP contribution < -0.4 is 15.0 Å². The first-order chi connectivity index (χ1) is 23.3. The van der Waals surface area contributed by atoms with Gasteiger partial charge >= 0.3 is 12.2 Å². The lowest BCUT2D eigenvalue weighted by Gasteiger charge is -2.40. The van der Waals surface area contributed by atoms with E-state index >= 15 is 8.78 Å². The molecule has 6 heterocycles. The summed E-state index contributed by atoms with van der Waals surface area (Å²) in [6.45, 7) is 2.28. The van der Waals surface area contributed by atoms with Crippen LogP contribution >= 0.6 is 0 Å². The number of halogens is 8. The van der Waals surface area contributed by atoms with Crippen LogP contribution in [0.3, 0.4) is 0 Å². The Kier molecular flexibility index (Phi) is 7.38. The number of aromatic nitrogens is 4. The van der Waals surface area contributed by atoms with E-state index in [-0.39, 0.29) is 72.4 Å². The fourth-order valence-corrected chi connectivity index (χ4v) is 8.64. The molecule has 16 heteroatoms. The summed E-state index contributed by atoms with van der Waals surface area (Å²) in [5.74, 6) is -2.70. The number of alkyl halides is 4. The van der Waals surface area contributed by atoms with Crippen LogP contribution in [0, 0.1) is 18.6 Å². The first-order valence-electron chi connectivity index (χ1n) is 16.1. The fourth-order valence-electron chi connectivity index (χ4n) is 8.64. The van der Waals surface area contributed by atoms with Crippen LogP contribution in [0.1, 0.15) is 43.2 Å². The molecule has 0 spiro atoms. The van der Waals surface area contributed by atoms with Crippen LogP contribution in [0.25, 0.3) is 32.9 Å². The van der Waals surface area contributed by atoms with Gasteiger partial charge < -0.3 is 15.0 Å². The van der Waals surface area contributed by atoms with Crippen LogP contribution in [-0.2, 0) is 6.18 Å². The maximum Gasteiger partial charge on any atom is 0.417 e. The highest BCUT2D eigenvalue weighted by atomic mass is 19.4. The van der Waals surface area contributed by atoms with Crippen molar-refractivity contribution in [2.24, 2.45) is 0 Å². The summed E-state index contributed by atoms with van der Waals surface area (Å²) in [5, 5.41) is 9.28. The number of aryl methyl sites for hydroxylation is 1. The van der Waals surface area contributed by atoms with Gasteiger partial charge in [0.15, 0.2) is 5.82 Å². The molecule has 4 aliphatic heterocycles. The lowest BCUT2D eigenvalue weighted by molar-refractivity contribution is -0.137. The van der Waals surface area contributed by atoms with Crippen LogP contribution in [0.4, 0.5) is 40.9 Å². The molecule has 2 aromatic carbocycles. The normalized spacial score (nSPS) is 27.0. The average molecular weight is 694 g/mol. The van der Waals surface area contributed by atoms with Gasteiger partial charge in [0.2, 0.25) is 0 Å². The molecule has 49 heavy (non-hydrogen) atoms. The van der Waals surface area contributed by atoms with E-state index in [1.54, 1.807) is 4.90 Å². The van der Waals surface area contributed by atoms with Gasteiger partial charge in [-0.3, -0.25) is 10.00 Å². The number of piperazine rings is 1. The lowest BCUT2D eigenvalue weighted by Crippen LogP contribution is -2.59. The van der Waals surface area contributed by atoms with Gasteiger partial charge in [-0.05, 0) is 56.8 Å². The van der Waals surface area contributed by atoms with Crippen molar-refractivity contribution in [3.8, 4) is 17.1 Å². The summed E-state index contributed by atoms with van der Waals surface area (Å²) >= 11 is 0. The zero-order valence-electron chi connectivity index (χ0n) is 26.2. The molecule has 4 aromatic rings. The van der Waals surface area contributed by atoms with E-state index in [1.165, 1.54) is 13.0 Å². The van der Waals surface area contributed by atoms with Crippen molar-refractivity contribution < 1.29 is 39.9 Å². The van der Waals surface area contributed by atoms with Crippen molar-refractivity contribution in [1.82, 2.24) is 30.4 Å². The van der Waals surface area contributed by atoms with Crippen LogP contribution in [0.15, 0.2) is 30.5 Å². The Morgan fingerprint density at radius 1 is 1.10 bits per heavy atom. The molecule has 8 rings (SSSR count). The minimum atomic E-state index is -4.99. The van der Waals surface area contributed by atoms with Crippen molar-refractivity contribution in [3.05, 3.63) is 53.2 Å². The number of H-pyrrole nitrogens is 1. The second-order valence-electron chi connectivity index (χ2n) is 13.8. The van der Waals surface area contributed by atoms with E-state index in [2.05, 4.69) is 25.5 Å². The first-order valence-corrected chi connectivity index (χ1v) is 16.1. The zero-order valence-corrected chi connectivity index (χ0v) is 26.2. The summed E-state index contributed by atoms with van der Waals surface area (Å²) in [7, 11) is 0. The molecular weight excluding hydrogens is 662 g/mol. The second-order valence-corrected chi connectivity index (χ2v) is 13.8. The summed E-state index contributed by atoms with van der Waals surface area (Å²) in [6.07, 6.45) is -3.43. The highest BCUT2D eigenvalue weighted by Gasteiger charge is 2.50. The molecule has 0 radical (unpaired) electrons. The highest BCUT2D eigenvalue weighted by molar-refractivity contribution is 6.01. The van der Waals surface area contributed by atoms with E-state index in [0.717, 1.165) is 24.8 Å². The van der Waals surface area contributed by atoms with Crippen LogP contribution in [-0.4, -0.2) is 81.1 Å². The van der Waals surface area contributed by atoms with Gasteiger partial charge in [0.05, 0.1) is 33.9 Å². The minimum absolute atomic E-state index is 0.0147. The van der Waals surface area contributed by atoms with Gasteiger partial charge in [-0.1, -0.05) is 0 Å². The third-order valence-corrected chi connectivity index (χ3v) is 10.6. The van der Waals surface area contributed by atoms with Gasteiger partial charge in [-0.15, -0.1) is 0 Å². The Morgan fingerprint density at radius 3 is 2.69 bits per heavy atom. The van der Waals surface area contributed by atoms with Crippen molar-refractivity contribution in [1.29, 1.82) is 0 Å². The summed E-state index contributed by atoms with van der Waals surface area (Å²) in [4.78, 5) is 12.4. The smallest absolute Gasteiger partial charge is 0.417 e. The van der Waals surface area contributed by atoms with E-state index in [9.17, 15) is 26.3 Å². The van der Waals surface area contributed by atoms with Gasteiger partial charge in [0, 0.05) is 54.5 Å². The SMILES string of the molecule is Cc1cc2[nH]ncc2c(-c2c(F)cc3c(N4C[C@H]5CC[C@@](C=C(F)F)(C4)N5)nc(OC[C@@]45CCCN4C[C@H](F)C5)nc3c2F)c1C(F)(F)F. The Morgan fingerprint density at radius 2 is 1.92 bits per heavy atom. The fraction of sp³-hybridized carbons (Fsp3) is 0.485. The quantitative estimate of drug-likeness (QED) is 0.215. The van der Waals surface area contributed by atoms with Gasteiger partial charge in [0.25, 0.3) is 6.08 Å². The van der Waals surface area contributed by atoms with E-state index in [4.69, 9.17) is 4.74 Å². The molecule has 2 bridgehead atoms. The van der Waals surface area contributed by atoms with Crippen molar-refractivity contribution in [2.75, 3.05) is 37.7 Å². The molecule has 4 aliphatic rings. The molecule has 8 nitrogen and oxygen atoms in total. The number of ether oxygens (including phenoxy) is 1. The molecule has 0 saturated carbocycles. The molecular formula is C33H31F8N7O. The predicted molar refractivity (Wildman–Crippen MR) is 164 cm³/mol. The molecule has 2 N–H and O–H groups in total. The second kappa shape index (κ2) is 11.2. The zero-order chi connectivity index (χ0) is 34.5. The average Bonchev–Trinajstić information content (AvgIpc) is 3.77. The predicted octanol–water partition coefficient (Wildman–Crippen LogP) is 6.82.